The molecule has 12 nitrogen and oxygen atoms in total. The second kappa shape index (κ2) is 11.5. The van der Waals surface area contributed by atoms with Crippen LogP contribution >= 0.6 is 0 Å². The highest BCUT2D eigenvalue weighted by molar-refractivity contribution is 6.04. The van der Waals surface area contributed by atoms with Crippen LogP contribution < -0.4 is 24.3 Å². The van der Waals surface area contributed by atoms with Gasteiger partial charge in [0.25, 0.3) is 5.91 Å². The van der Waals surface area contributed by atoms with Crippen LogP contribution in [0.3, 0.4) is 0 Å². The lowest BCUT2D eigenvalue weighted by molar-refractivity contribution is 0.101. The van der Waals surface area contributed by atoms with Crippen molar-refractivity contribution in [3.8, 4) is 40.6 Å². The molecule has 1 aromatic carbocycles. The first-order chi connectivity index (χ1) is 19.9. The van der Waals surface area contributed by atoms with Gasteiger partial charge >= 0.3 is 0 Å². The van der Waals surface area contributed by atoms with E-state index >= 15 is 0 Å². The molecule has 1 amide bonds. The highest BCUT2D eigenvalue weighted by Crippen LogP contribution is 2.36. The molecule has 4 aromatic heterocycles. The summed E-state index contributed by atoms with van der Waals surface area (Å²) in [4.78, 5) is 25.7. The number of carbonyl (C=O) groups excluding carboxylic acids is 1. The minimum atomic E-state index is -0.670. The van der Waals surface area contributed by atoms with Gasteiger partial charge in [-0.1, -0.05) is 0 Å². The number of methoxy groups -OCH3 is 2. The van der Waals surface area contributed by atoms with Crippen molar-refractivity contribution in [2.24, 2.45) is 0 Å². The van der Waals surface area contributed by atoms with Gasteiger partial charge < -0.3 is 24.3 Å². The van der Waals surface area contributed by atoms with Crippen molar-refractivity contribution in [1.29, 1.82) is 5.26 Å². The molecule has 5 rings (SSSR count). The highest BCUT2D eigenvalue weighted by Gasteiger charge is 2.21. The normalized spacial score (nSPS) is 10.6. The Hall–Kier alpha value is -5.77. The van der Waals surface area contributed by atoms with E-state index in [-0.39, 0.29) is 35.2 Å². The van der Waals surface area contributed by atoms with Crippen LogP contribution in [0.2, 0.25) is 0 Å². The van der Waals surface area contributed by atoms with E-state index < -0.39 is 11.7 Å². The van der Waals surface area contributed by atoms with Crippen LogP contribution in [0.25, 0.3) is 16.7 Å². The zero-order valence-electron chi connectivity index (χ0n) is 22.1. The van der Waals surface area contributed by atoms with E-state index in [1.54, 1.807) is 57.7 Å². The molecule has 206 valence electrons. The molecule has 0 unspecified atom stereocenters. The molecule has 0 radical (unpaired) electrons. The third-order valence-electron chi connectivity index (χ3n) is 5.78. The van der Waals surface area contributed by atoms with Crippen LogP contribution in [0.15, 0.2) is 61.2 Å². The van der Waals surface area contributed by atoms with E-state index in [1.807, 2.05) is 6.07 Å². The topological polar surface area (TPSA) is 146 Å². The number of carbonyl (C=O) groups is 1. The molecule has 0 spiro atoms. The number of aromatic nitrogens is 5. The van der Waals surface area contributed by atoms with Gasteiger partial charge in [-0.25, -0.2) is 19.0 Å². The number of amides is 1. The number of fused-ring (bicyclic) bond motifs is 1. The standard InChI is InChI=1S/C28H22FN7O5/c1-4-40-24-15-36(27-16(12-30)9-17(29)13-33-27)35-26(24)28(37)34-25-6-5-18(14-32-25)41-21-7-8-31-20-11-23(39-3)22(38-2)10-19(20)21/h5-11,13-15H,4H2,1-3H3,(H,32,34,37). The van der Waals surface area contributed by atoms with Crippen LogP contribution in [0, 0.1) is 17.1 Å². The maximum absolute atomic E-state index is 13.5. The van der Waals surface area contributed by atoms with E-state index in [1.165, 1.54) is 17.1 Å². The van der Waals surface area contributed by atoms with Gasteiger partial charge in [-0.05, 0) is 37.3 Å². The number of ether oxygens (including phenoxy) is 4. The van der Waals surface area contributed by atoms with Crippen molar-refractivity contribution in [3.63, 3.8) is 0 Å². The molecular weight excluding hydrogens is 533 g/mol. The number of anilines is 1. The molecule has 41 heavy (non-hydrogen) atoms. The molecule has 0 aliphatic heterocycles. The number of hydrogen-bond donors (Lipinski definition) is 1. The average molecular weight is 556 g/mol. The van der Waals surface area contributed by atoms with E-state index in [9.17, 15) is 14.4 Å². The molecule has 0 bridgehead atoms. The Balaban J connectivity index is 1.36. The summed E-state index contributed by atoms with van der Waals surface area (Å²) in [6, 6.07) is 11.3. The number of nitrogens with one attached hydrogen (secondary N) is 1. The third-order valence-corrected chi connectivity index (χ3v) is 5.78. The van der Waals surface area contributed by atoms with Gasteiger partial charge in [0.1, 0.15) is 29.2 Å². The molecule has 4 heterocycles. The van der Waals surface area contributed by atoms with Crippen molar-refractivity contribution in [3.05, 3.63) is 78.3 Å². The van der Waals surface area contributed by atoms with E-state index in [2.05, 4.69) is 25.4 Å². The maximum Gasteiger partial charge on any atom is 0.281 e. The van der Waals surface area contributed by atoms with Crippen LogP contribution in [0.5, 0.6) is 28.7 Å². The van der Waals surface area contributed by atoms with Gasteiger partial charge in [0.15, 0.2) is 28.8 Å². The molecule has 0 saturated carbocycles. The minimum absolute atomic E-state index is 0.0493. The zero-order chi connectivity index (χ0) is 28.9. The fraction of sp³-hybridized carbons (Fsp3) is 0.143. The van der Waals surface area contributed by atoms with Crippen LogP contribution in [-0.2, 0) is 0 Å². The average Bonchev–Trinajstić information content (AvgIpc) is 3.41. The highest BCUT2D eigenvalue weighted by atomic mass is 19.1. The summed E-state index contributed by atoms with van der Waals surface area (Å²) in [5, 5.41) is 17.0. The summed E-state index contributed by atoms with van der Waals surface area (Å²) in [5.74, 6) is 1.15. The Labute approximate surface area is 232 Å². The van der Waals surface area contributed by atoms with Crippen molar-refractivity contribution < 1.29 is 28.1 Å². The van der Waals surface area contributed by atoms with Crippen molar-refractivity contribution in [1.82, 2.24) is 24.7 Å². The Bertz CT molecular complexity index is 1780. The van der Waals surface area contributed by atoms with Gasteiger partial charge in [0.05, 0.1) is 50.5 Å². The van der Waals surface area contributed by atoms with Crippen molar-refractivity contribution in [2.45, 2.75) is 6.92 Å². The van der Waals surface area contributed by atoms with E-state index in [0.717, 1.165) is 12.3 Å². The van der Waals surface area contributed by atoms with Gasteiger partial charge in [-0.15, -0.1) is 0 Å². The molecule has 0 atom stereocenters. The molecule has 5 aromatic rings. The fourth-order valence-corrected chi connectivity index (χ4v) is 3.94. The zero-order valence-corrected chi connectivity index (χ0v) is 22.1. The lowest BCUT2D eigenvalue weighted by Crippen LogP contribution is -2.15. The first kappa shape index (κ1) is 26.8. The quantitative estimate of drug-likeness (QED) is 0.272. The monoisotopic (exact) mass is 555 g/mol. The number of nitriles is 1. The maximum atomic E-state index is 13.5. The minimum Gasteiger partial charge on any atom is -0.493 e. The first-order valence-electron chi connectivity index (χ1n) is 12.2. The van der Waals surface area contributed by atoms with Gasteiger partial charge in [0, 0.05) is 17.6 Å². The second-order valence-corrected chi connectivity index (χ2v) is 8.32. The molecule has 0 aliphatic carbocycles. The van der Waals surface area contributed by atoms with Gasteiger partial charge in [-0.2, -0.15) is 10.4 Å². The lowest BCUT2D eigenvalue weighted by atomic mass is 10.2. The van der Waals surface area contributed by atoms with Crippen molar-refractivity contribution >= 4 is 22.6 Å². The molecule has 13 heteroatoms. The van der Waals surface area contributed by atoms with Crippen LogP contribution in [0.4, 0.5) is 10.2 Å². The van der Waals surface area contributed by atoms with Crippen molar-refractivity contribution in [2.75, 3.05) is 26.1 Å². The molecule has 0 saturated heterocycles. The molecular formula is C28H22FN7O5. The summed E-state index contributed by atoms with van der Waals surface area (Å²) in [6.45, 7) is 2.00. The molecule has 0 fully saturated rings. The fourth-order valence-electron chi connectivity index (χ4n) is 3.94. The first-order valence-corrected chi connectivity index (χ1v) is 12.2. The molecule has 1 N–H and O–H groups in total. The predicted molar refractivity (Wildman–Crippen MR) is 144 cm³/mol. The van der Waals surface area contributed by atoms with E-state index in [4.69, 9.17) is 18.9 Å². The number of hydrogen-bond acceptors (Lipinski definition) is 10. The number of pyridine rings is 3. The third kappa shape index (κ3) is 5.52. The summed E-state index contributed by atoms with van der Waals surface area (Å²) < 4.78 is 37.1. The number of halogens is 1. The summed E-state index contributed by atoms with van der Waals surface area (Å²) in [7, 11) is 3.09. The summed E-state index contributed by atoms with van der Waals surface area (Å²) in [6.07, 6.45) is 5.41. The van der Waals surface area contributed by atoms with E-state index in [0.29, 0.717) is 33.9 Å². The predicted octanol–water partition coefficient (Wildman–Crippen LogP) is 4.68. The Morgan fingerprint density at radius 2 is 1.83 bits per heavy atom. The van der Waals surface area contributed by atoms with Gasteiger partial charge in [-0.3, -0.25) is 9.78 Å². The number of benzene rings is 1. The second-order valence-electron chi connectivity index (χ2n) is 8.32. The van der Waals surface area contributed by atoms with Crippen LogP contribution in [-0.4, -0.2) is 51.5 Å². The molecule has 0 aliphatic rings. The lowest BCUT2D eigenvalue weighted by Gasteiger charge is -2.12. The SMILES string of the molecule is CCOc1cn(-c2ncc(F)cc2C#N)nc1C(=O)Nc1ccc(Oc2ccnc3cc(OC)c(OC)cc23)cn1. The van der Waals surface area contributed by atoms with Gasteiger partial charge in [0.2, 0.25) is 0 Å². The Kier molecular flexibility index (Phi) is 7.55. The smallest absolute Gasteiger partial charge is 0.281 e. The summed E-state index contributed by atoms with van der Waals surface area (Å²) >= 11 is 0. The number of rotatable bonds is 9. The number of nitrogens with zero attached hydrogens (tertiary/aromatic N) is 6. The van der Waals surface area contributed by atoms with Crippen LogP contribution in [0.1, 0.15) is 23.0 Å². The largest absolute Gasteiger partial charge is 0.493 e. The Morgan fingerprint density at radius 1 is 1.02 bits per heavy atom. The summed E-state index contributed by atoms with van der Waals surface area (Å²) in [5.41, 5.74) is 0.523. The Morgan fingerprint density at radius 3 is 2.54 bits per heavy atom.